The van der Waals surface area contributed by atoms with Gasteiger partial charge in [-0.3, -0.25) is 0 Å². The minimum absolute atomic E-state index is 0. The zero-order valence-electron chi connectivity index (χ0n) is 14.7. The van der Waals surface area contributed by atoms with Gasteiger partial charge in [-0.2, -0.15) is 35.2 Å². The topological polar surface area (TPSA) is 0 Å². The zero-order chi connectivity index (χ0) is 16.2. The van der Waals surface area contributed by atoms with E-state index < -0.39 is 0 Å². The van der Waals surface area contributed by atoms with Crippen molar-refractivity contribution in [2.24, 2.45) is 0 Å². The molecule has 0 amide bonds. The summed E-state index contributed by atoms with van der Waals surface area (Å²) in [7, 11) is 0. The van der Waals surface area contributed by atoms with Crippen molar-refractivity contribution < 1.29 is 44.8 Å². The third-order valence-corrected chi connectivity index (χ3v) is 3.10. The largest absolute Gasteiger partial charge is 1.00 e. The number of halogens is 2. The Labute approximate surface area is 171 Å². The Hall–Kier alpha value is -0.656. The molecule has 0 aliphatic carbocycles. The first-order valence-corrected chi connectivity index (χ1v) is 8.74. The van der Waals surface area contributed by atoms with Crippen molar-refractivity contribution >= 4 is 14.6 Å². The summed E-state index contributed by atoms with van der Waals surface area (Å²) in [5.74, 6) is 0. The monoisotopic (exact) mass is 396 g/mol. The van der Waals surface area contributed by atoms with E-state index in [9.17, 15) is 0 Å². The Morgan fingerprint density at radius 2 is 1.58 bits per heavy atom. The maximum atomic E-state index is 2.23. The van der Waals surface area contributed by atoms with Gasteiger partial charge in [0.25, 0.3) is 0 Å². The number of hydrogen-bond donors (Lipinski definition) is 0. The fourth-order valence-electron chi connectivity index (χ4n) is 2.03. The van der Waals surface area contributed by atoms with Crippen molar-refractivity contribution in [1.82, 2.24) is 0 Å². The van der Waals surface area contributed by atoms with E-state index in [1.807, 2.05) is 0 Å². The molecule has 0 saturated carbocycles. The number of aryl methyl sites for hydroxylation is 1. The summed E-state index contributed by atoms with van der Waals surface area (Å²) in [6.45, 7) is 6.39. The average molecular weight is 397 g/mol. The standard InChI is InChI=1S/C9H7.C9H13.C3H6.2ClH.Ti/c1-2-5-9-7-3-6-8(9)4-1;1-2-3-6-9-7-4-5-8-9;1-3-2;;;/h1-7H;4-5,7-8H,2-3,6H2,1H3;1-2H3;2*1H;/q2*-1;;;;+2/p-2. The van der Waals surface area contributed by atoms with Gasteiger partial charge in [-0.25, -0.2) is 12.1 Å². The van der Waals surface area contributed by atoms with Gasteiger partial charge in [-0.05, 0) is 0 Å². The molecule has 3 heteroatoms. The summed E-state index contributed by atoms with van der Waals surface area (Å²) in [6.07, 6.45) is 3.87. The third kappa shape index (κ3) is 11.8. The molecule has 130 valence electrons. The Kier molecular flexibility index (Phi) is 16.9. The van der Waals surface area contributed by atoms with Crippen molar-refractivity contribution in [2.75, 3.05) is 0 Å². The minimum atomic E-state index is 0. The van der Waals surface area contributed by atoms with E-state index in [0.29, 0.717) is 0 Å². The van der Waals surface area contributed by atoms with Crippen LogP contribution in [0.5, 0.6) is 0 Å². The number of rotatable bonds is 3. The van der Waals surface area contributed by atoms with Crippen LogP contribution in [0.2, 0.25) is 0 Å². The molecular formula is C21H26Cl2Ti-2. The van der Waals surface area contributed by atoms with Crippen LogP contribution < -0.4 is 24.8 Å². The normalized spacial score (nSPS) is 8.71. The molecule has 0 nitrogen and oxygen atoms in total. The predicted molar refractivity (Wildman–Crippen MR) is 96.5 cm³/mol. The van der Waals surface area contributed by atoms with Gasteiger partial charge in [-0.1, -0.05) is 32.3 Å². The van der Waals surface area contributed by atoms with Gasteiger partial charge in [0, 0.05) is 0 Å². The fourth-order valence-corrected chi connectivity index (χ4v) is 2.03. The SMILES string of the molecule is CCCC[c-]1cccc1.C[C](C)=[Ti+2].[Cl-].[Cl-].c1ccc2[cH-]ccc2c1. The molecule has 0 atom stereocenters. The molecule has 0 aromatic heterocycles. The number of fused-ring (bicyclic) bond motifs is 1. The molecule has 24 heavy (non-hydrogen) atoms. The fraction of sp³-hybridized carbons (Fsp3) is 0.286. The molecule has 0 spiro atoms. The van der Waals surface area contributed by atoms with Gasteiger partial charge >= 0.3 is 37.6 Å². The Morgan fingerprint density at radius 3 is 2.12 bits per heavy atom. The summed E-state index contributed by atoms with van der Waals surface area (Å²) in [6, 6.07) is 23.3. The molecule has 0 N–H and O–H groups in total. The van der Waals surface area contributed by atoms with Gasteiger partial charge < -0.3 is 24.8 Å². The molecule has 0 saturated heterocycles. The van der Waals surface area contributed by atoms with E-state index >= 15 is 0 Å². The zero-order valence-corrected chi connectivity index (χ0v) is 17.8. The molecule has 3 aromatic rings. The van der Waals surface area contributed by atoms with E-state index in [0.717, 1.165) is 0 Å². The number of benzene rings is 1. The predicted octanol–water partition coefficient (Wildman–Crippen LogP) is 0.0602. The van der Waals surface area contributed by atoms with Crippen molar-refractivity contribution in [3.05, 3.63) is 72.3 Å². The minimum Gasteiger partial charge on any atom is -1.00 e. The van der Waals surface area contributed by atoms with Gasteiger partial charge in [0.2, 0.25) is 0 Å². The van der Waals surface area contributed by atoms with Crippen LogP contribution in [-0.4, -0.2) is 3.81 Å². The molecule has 0 bridgehead atoms. The van der Waals surface area contributed by atoms with Crippen LogP contribution in [0.15, 0.2) is 66.7 Å². The van der Waals surface area contributed by atoms with Gasteiger partial charge in [0.1, 0.15) is 0 Å². The molecule has 0 unspecified atom stereocenters. The second-order valence-electron chi connectivity index (χ2n) is 5.55. The van der Waals surface area contributed by atoms with Crippen molar-refractivity contribution in [2.45, 2.75) is 40.0 Å². The van der Waals surface area contributed by atoms with Gasteiger partial charge in [0.05, 0.1) is 0 Å². The summed E-state index contributed by atoms with van der Waals surface area (Å²) < 4.78 is 1.42. The number of hydrogen-bond acceptors (Lipinski definition) is 0. The van der Waals surface area contributed by atoms with Gasteiger partial charge in [-0.15, -0.1) is 29.7 Å². The second kappa shape index (κ2) is 15.8. The first-order valence-electron chi connectivity index (χ1n) is 7.96. The van der Waals surface area contributed by atoms with E-state index in [-0.39, 0.29) is 24.8 Å². The smallest absolute Gasteiger partial charge is 0.0809 e. The van der Waals surface area contributed by atoms with Crippen LogP contribution in [0.4, 0.5) is 0 Å². The van der Waals surface area contributed by atoms with Gasteiger partial charge in [0.15, 0.2) is 0 Å². The average Bonchev–Trinajstić information content (AvgIpc) is 3.16. The second-order valence-corrected chi connectivity index (χ2v) is 7.11. The Morgan fingerprint density at radius 1 is 1.00 bits per heavy atom. The van der Waals surface area contributed by atoms with E-state index in [4.69, 9.17) is 0 Å². The van der Waals surface area contributed by atoms with Crippen LogP contribution in [0.1, 0.15) is 39.2 Å². The summed E-state index contributed by atoms with van der Waals surface area (Å²) in [5.41, 5.74) is 1.48. The Balaban J connectivity index is 0. The molecule has 0 aliphatic heterocycles. The summed E-state index contributed by atoms with van der Waals surface area (Å²) in [5, 5.41) is 2.66. The molecule has 3 rings (SSSR count). The number of unbranched alkanes of at least 4 members (excludes halogenated alkanes) is 1. The van der Waals surface area contributed by atoms with E-state index in [1.165, 1.54) is 39.4 Å². The van der Waals surface area contributed by atoms with Crippen LogP contribution >= 0.6 is 0 Å². The van der Waals surface area contributed by atoms with Crippen molar-refractivity contribution in [3.8, 4) is 0 Å². The van der Waals surface area contributed by atoms with E-state index in [1.54, 1.807) is 0 Å². The van der Waals surface area contributed by atoms with Crippen LogP contribution in [-0.2, 0) is 26.4 Å². The molecule has 0 aliphatic rings. The molecule has 0 radical (unpaired) electrons. The molecule has 3 aromatic carbocycles. The van der Waals surface area contributed by atoms with Crippen molar-refractivity contribution in [3.63, 3.8) is 0 Å². The molecule has 0 heterocycles. The Bertz CT molecular complexity index is 604. The van der Waals surface area contributed by atoms with Crippen LogP contribution in [0, 0.1) is 0 Å². The third-order valence-electron chi connectivity index (χ3n) is 3.10. The van der Waals surface area contributed by atoms with E-state index in [2.05, 4.69) is 107 Å². The maximum absolute atomic E-state index is 2.23. The van der Waals surface area contributed by atoms with Crippen LogP contribution in [0.3, 0.4) is 0 Å². The quantitative estimate of drug-likeness (QED) is 0.433. The van der Waals surface area contributed by atoms with Crippen molar-refractivity contribution in [1.29, 1.82) is 0 Å². The van der Waals surface area contributed by atoms with Crippen LogP contribution in [0.25, 0.3) is 10.8 Å². The summed E-state index contributed by atoms with van der Waals surface area (Å²) in [4.78, 5) is 0. The first kappa shape index (κ1) is 25.6. The molecule has 0 fully saturated rings. The maximum Gasteiger partial charge on any atom is -0.0809 e. The molecular weight excluding hydrogens is 371 g/mol. The first-order chi connectivity index (χ1) is 10.6. The summed E-state index contributed by atoms with van der Waals surface area (Å²) >= 11 is 2.08.